The van der Waals surface area contributed by atoms with Gasteiger partial charge in [0.25, 0.3) is 5.91 Å². The minimum absolute atomic E-state index is 0.0103. The number of benzene rings is 3. The molecular formula is C28H30N2O2. The number of carbonyl (C=O) groups excluding carboxylic acids is 2. The van der Waals surface area contributed by atoms with Gasteiger partial charge < -0.3 is 10.2 Å². The van der Waals surface area contributed by atoms with Crippen molar-refractivity contribution in [3.63, 3.8) is 0 Å². The van der Waals surface area contributed by atoms with Crippen LogP contribution in [0.4, 0.5) is 0 Å². The highest BCUT2D eigenvalue weighted by Crippen LogP contribution is 2.27. The highest BCUT2D eigenvalue weighted by atomic mass is 16.2. The third-order valence-corrected chi connectivity index (χ3v) is 6.13. The van der Waals surface area contributed by atoms with Crippen molar-refractivity contribution >= 4 is 11.8 Å². The van der Waals surface area contributed by atoms with Crippen LogP contribution in [0.2, 0.25) is 0 Å². The number of nitrogens with one attached hydrogen (secondary N) is 1. The molecule has 4 heteroatoms. The highest BCUT2D eigenvalue weighted by molar-refractivity contribution is 5.94. The van der Waals surface area contributed by atoms with Crippen molar-refractivity contribution < 1.29 is 9.59 Å². The lowest BCUT2D eigenvalue weighted by Crippen LogP contribution is -2.35. The molecule has 0 atom stereocenters. The third kappa shape index (κ3) is 5.64. The number of nitrogens with zero attached hydrogens (tertiary/aromatic N) is 1. The molecule has 1 heterocycles. The van der Waals surface area contributed by atoms with Gasteiger partial charge in [0.15, 0.2) is 0 Å². The third-order valence-electron chi connectivity index (χ3n) is 6.13. The molecule has 2 amide bonds. The Balaban J connectivity index is 1.36. The van der Waals surface area contributed by atoms with Crippen LogP contribution in [0, 0.1) is 0 Å². The van der Waals surface area contributed by atoms with E-state index in [1.807, 2.05) is 65.6 Å². The van der Waals surface area contributed by atoms with Crippen LogP contribution in [-0.4, -0.2) is 29.8 Å². The first kappa shape index (κ1) is 21.8. The number of carbonyl (C=O) groups is 2. The van der Waals surface area contributed by atoms with Gasteiger partial charge in [-0.1, -0.05) is 72.8 Å². The van der Waals surface area contributed by atoms with E-state index in [0.29, 0.717) is 13.0 Å². The highest BCUT2D eigenvalue weighted by Gasteiger charge is 2.19. The maximum Gasteiger partial charge on any atom is 0.253 e. The minimum Gasteiger partial charge on any atom is -0.352 e. The first-order valence-corrected chi connectivity index (χ1v) is 11.5. The van der Waals surface area contributed by atoms with Gasteiger partial charge in [-0.25, -0.2) is 0 Å². The van der Waals surface area contributed by atoms with Crippen LogP contribution in [0.15, 0.2) is 84.9 Å². The predicted molar refractivity (Wildman–Crippen MR) is 127 cm³/mol. The Morgan fingerprint density at radius 3 is 1.88 bits per heavy atom. The van der Waals surface area contributed by atoms with E-state index in [-0.39, 0.29) is 17.7 Å². The molecule has 3 aromatic rings. The average Bonchev–Trinajstić information content (AvgIpc) is 2.87. The quantitative estimate of drug-likeness (QED) is 0.568. The fraction of sp³-hybridized carbons (Fsp3) is 0.286. The molecule has 4 nitrogen and oxygen atoms in total. The average molecular weight is 427 g/mol. The Bertz CT molecular complexity index is 971. The van der Waals surface area contributed by atoms with E-state index in [1.54, 1.807) is 0 Å². The van der Waals surface area contributed by atoms with Crippen LogP contribution >= 0.6 is 0 Å². The first-order valence-electron chi connectivity index (χ1n) is 11.5. The van der Waals surface area contributed by atoms with Crippen molar-refractivity contribution in [1.29, 1.82) is 0 Å². The lowest BCUT2D eigenvalue weighted by molar-refractivity contribution is -0.121. The Hall–Kier alpha value is -3.40. The summed E-state index contributed by atoms with van der Waals surface area (Å²) in [6, 6.07) is 27.9. The van der Waals surface area contributed by atoms with Crippen LogP contribution in [0.5, 0.6) is 0 Å². The van der Waals surface area contributed by atoms with Gasteiger partial charge in [0.05, 0.1) is 0 Å². The van der Waals surface area contributed by atoms with Crippen LogP contribution in [0.3, 0.4) is 0 Å². The summed E-state index contributed by atoms with van der Waals surface area (Å²) in [6.07, 6.45) is 3.77. The van der Waals surface area contributed by atoms with Gasteiger partial charge in [-0.2, -0.15) is 0 Å². The molecule has 1 N–H and O–H groups in total. The van der Waals surface area contributed by atoms with E-state index in [4.69, 9.17) is 0 Å². The fourth-order valence-electron chi connectivity index (χ4n) is 4.30. The maximum atomic E-state index is 12.8. The second-order valence-corrected chi connectivity index (χ2v) is 8.40. The summed E-state index contributed by atoms with van der Waals surface area (Å²) in [7, 11) is 0. The Labute approximate surface area is 190 Å². The van der Waals surface area contributed by atoms with Crippen molar-refractivity contribution in [2.24, 2.45) is 0 Å². The number of hydrogen-bond donors (Lipinski definition) is 1. The molecule has 0 radical (unpaired) electrons. The molecule has 1 saturated heterocycles. The standard InChI is InChI=1S/C28H30N2O2/c31-27(20-26(23-10-4-1-5-11-23)24-12-6-2-7-13-24)29-21-22-14-16-25(17-15-22)28(32)30-18-8-3-9-19-30/h1-2,4-7,10-17,26H,3,8-9,18-21H2,(H,29,31). The normalized spacial score (nSPS) is 13.7. The van der Waals surface area contributed by atoms with Crippen molar-refractivity contribution in [3.05, 3.63) is 107 Å². The smallest absolute Gasteiger partial charge is 0.253 e. The lowest BCUT2D eigenvalue weighted by Gasteiger charge is -2.26. The van der Waals surface area contributed by atoms with Gasteiger partial charge >= 0.3 is 0 Å². The molecule has 4 rings (SSSR count). The molecule has 1 fully saturated rings. The molecule has 164 valence electrons. The summed E-state index contributed by atoms with van der Waals surface area (Å²) in [5.41, 5.74) is 3.98. The molecule has 1 aliphatic heterocycles. The largest absolute Gasteiger partial charge is 0.352 e. The van der Waals surface area contributed by atoms with Crippen molar-refractivity contribution in [2.45, 2.75) is 38.1 Å². The van der Waals surface area contributed by atoms with Crippen LogP contribution in [-0.2, 0) is 11.3 Å². The minimum atomic E-state index is 0.0103. The fourth-order valence-corrected chi connectivity index (χ4v) is 4.30. The molecule has 1 aliphatic rings. The van der Waals surface area contributed by atoms with Gasteiger partial charge in [0, 0.05) is 37.5 Å². The summed E-state index contributed by atoms with van der Waals surface area (Å²) in [5.74, 6) is 0.131. The van der Waals surface area contributed by atoms with E-state index in [1.165, 1.54) is 6.42 Å². The SMILES string of the molecule is O=C(CC(c1ccccc1)c1ccccc1)NCc1ccc(C(=O)N2CCCCC2)cc1. The predicted octanol–water partition coefficient (Wildman–Crippen LogP) is 5.15. The summed E-state index contributed by atoms with van der Waals surface area (Å²) in [5, 5.41) is 3.05. The van der Waals surface area contributed by atoms with Gasteiger partial charge in [-0.15, -0.1) is 0 Å². The number of likely N-dealkylation sites (tertiary alicyclic amines) is 1. The lowest BCUT2D eigenvalue weighted by atomic mass is 9.88. The second-order valence-electron chi connectivity index (χ2n) is 8.40. The summed E-state index contributed by atoms with van der Waals surface area (Å²) in [6.45, 7) is 2.15. The number of rotatable bonds is 7. The van der Waals surface area contributed by atoms with Gasteiger partial charge in [-0.05, 0) is 48.1 Å². The van der Waals surface area contributed by atoms with Crippen molar-refractivity contribution in [2.75, 3.05) is 13.1 Å². The molecule has 0 unspecified atom stereocenters. The van der Waals surface area contributed by atoms with E-state index in [9.17, 15) is 9.59 Å². The first-order chi connectivity index (χ1) is 15.7. The van der Waals surface area contributed by atoms with Gasteiger partial charge in [-0.3, -0.25) is 9.59 Å². The number of piperidine rings is 1. The van der Waals surface area contributed by atoms with Crippen molar-refractivity contribution in [3.8, 4) is 0 Å². The van der Waals surface area contributed by atoms with Gasteiger partial charge in [0.2, 0.25) is 5.91 Å². The van der Waals surface area contributed by atoms with E-state index in [2.05, 4.69) is 29.6 Å². The Kier molecular flexibility index (Phi) is 7.34. The molecule has 3 aromatic carbocycles. The number of hydrogen-bond acceptors (Lipinski definition) is 2. The maximum absolute atomic E-state index is 12.8. The monoisotopic (exact) mass is 426 g/mol. The zero-order valence-electron chi connectivity index (χ0n) is 18.4. The molecule has 0 bridgehead atoms. The Morgan fingerprint density at radius 2 is 1.31 bits per heavy atom. The van der Waals surface area contributed by atoms with Crippen LogP contribution < -0.4 is 5.32 Å². The van der Waals surface area contributed by atoms with Crippen molar-refractivity contribution in [1.82, 2.24) is 10.2 Å². The number of amides is 2. The van der Waals surface area contributed by atoms with Crippen LogP contribution in [0.25, 0.3) is 0 Å². The zero-order chi connectivity index (χ0) is 22.2. The molecule has 0 aromatic heterocycles. The second kappa shape index (κ2) is 10.8. The van der Waals surface area contributed by atoms with E-state index < -0.39 is 0 Å². The summed E-state index contributed by atoms with van der Waals surface area (Å²) >= 11 is 0. The molecule has 0 saturated carbocycles. The summed E-state index contributed by atoms with van der Waals surface area (Å²) in [4.78, 5) is 27.3. The molecule has 32 heavy (non-hydrogen) atoms. The van der Waals surface area contributed by atoms with E-state index in [0.717, 1.165) is 48.2 Å². The Morgan fingerprint density at radius 1 is 0.750 bits per heavy atom. The van der Waals surface area contributed by atoms with E-state index >= 15 is 0 Å². The molecule has 0 aliphatic carbocycles. The molecule has 0 spiro atoms. The van der Waals surface area contributed by atoms with Gasteiger partial charge in [0.1, 0.15) is 0 Å². The topological polar surface area (TPSA) is 49.4 Å². The van der Waals surface area contributed by atoms with Crippen LogP contribution in [0.1, 0.15) is 58.6 Å². The zero-order valence-corrected chi connectivity index (χ0v) is 18.4. The molecular weight excluding hydrogens is 396 g/mol. The summed E-state index contributed by atoms with van der Waals surface area (Å²) < 4.78 is 0.